The van der Waals surface area contributed by atoms with Gasteiger partial charge in [-0.1, -0.05) is 26.8 Å². The highest BCUT2D eigenvalue weighted by molar-refractivity contribution is 9.10. The molecule has 0 spiro atoms. The summed E-state index contributed by atoms with van der Waals surface area (Å²) in [5.74, 6) is 0. The predicted molar refractivity (Wildman–Crippen MR) is 79.3 cm³/mol. The van der Waals surface area contributed by atoms with Crippen LogP contribution in [0.3, 0.4) is 0 Å². The number of halogens is 1. The first-order valence-electron chi connectivity index (χ1n) is 6.05. The summed E-state index contributed by atoms with van der Waals surface area (Å²) in [7, 11) is -3.52. The van der Waals surface area contributed by atoms with Crippen molar-refractivity contribution in [3.05, 3.63) is 28.2 Å². The number of hydrogen-bond donors (Lipinski definition) is 2. The molecule has 0 heterocycles. The molecule has 0 aromatic heterocycles. The van der Waals surface area contributed by atoms with E-state index in [0.717, 1.165) is 6.42 Å². The van der Waals surface area contributed by atoms with Crippen molar-refractivity contribution in [1.29, 1.82) is 0 Å². The number of aliphatic hydroxyl groups is 1. The zero-order chi connectivity index (χ0) is 14.7. The summed E-state index contributed by atoms with van der Waals surface area (Å²) in [6.45, 7) is 6.48. The van der Waals surface area contributed by atoms with E-state index in [1.54, 1.807) is 12.1 Å². The number of benzene rings is 1. The predicted octanol–water partition coefficient (Wildman–Crippen LogP) is 2.66. The normalized spacial score (nSPS) is 12.7. The van der Waals surface area contributed by atoms with Crippen LogP contribution in [0.25, 0.3) is 0 Å². The molecule has 1 aromatic carbocycles. The SMILES string of the molecule is CC(C)(C)CCNS(=O)(=O)c1ccc(CO)cc1Br. The van der Waals surface area contributed by atoms with Gasteiger partial charge in [0.1, 0.15) is 0 Å². The molecular formula is C13H20BrNO3S. The lowest BCUT2D eigenvalue weighted by Gasteiger charge is -2.18. The Morgan fingerprint density at radius 1 is 1.32 bits per heavy atom. The molecule has 108 valence electrons. The maximum atomic E-state index is 12.1. The van der Waals surface area contributed by atoms with E-state index in [2.05, 4.69) is 41.4 Å². The molecule has 0 radical (unpaired) electrons. The number of nitrogens with one attached hydrogen (secondary N) is 1. The minimum atomic E-state index is -3.52. The van der Waals surface area contributed by atoms with Crippen LogP contribution in [0.1, 0.15) is 32.8 Å². The Morgan fingerprint density at radius 3 is 2.42 bits per heavy atom. The summed E-state index contributed by atoms with van der Waals surface area (Å²) in [6.07, 6.45) is 0.762. The molecule has 0 saturated carbocycles. The van der Waals surface area contributed by atoms with Gasteiger partial charge in [-0.3, -0.25) is 0 Å². The molecule has 2 N–H and O–H groups in total. The molecule has 0 unspecified atom stereocenters. The molecule has 0 bridgehead atoms. The average Bonchev–Trinajstić information content (AvgIpc) is 2.26. The summed E-state index contributed by atoms with van der Waals surface area (Å²) in [6, 6.07) is 4.70. The third kappa shape index (κ3) is 5.22. The third-order valence-corrected chi connectivity index (χ3v) is 5.07. The van der Waals surface area contributed by atoms with Crippen molar-refractivity contribution >= 4 is 26.0 Å². The highest BCUT2D eigenvalue weighted by Crippen LogP contribution is 2.24. The number of sulfonamides is 1. The van der Waals surface area contributed by atoms with Gasteiger partial charge in [-0.15, -0.1) is 0 Å². The van der Waals surface area contributed by atoms with Gasteiger partial charge < -0.3 is 5.11 Å². The van der Waals surface area contributed by atoms with Crippen molar-refractivity contribution < 1.29 is 13.5 Å². The Hall–Kier alpha value is -0.430. The van der Waals surface area contributed by atoms with Crippen molar-refractivity contribution in [2.24, 2.45) is 5.41 Å². The summed E-state index contributed by atoms with van der Waals surface area (Å²) in [5.41, 5.74) is 0.751. The van der Waals surface area contributed by atoms with Crippen LogP contribution in [0.4, 0.5) is 0 Å². The van der Waals surface area contributed by atoms with Crippen molar-refractivity contribution in [2.45, 2.75) is 38.7 Å². The summed E-state index contributed by atoms with van der Waals surface area (Å²) < 4.78 is 27.3. The molecule has 19 heavy (non-hydrogen) atoms. The smallest absolute Gasteiger partial charge is 0.241 e. The Bertz CT molecular complexity index is 535. The molecule has 0 amide bonds. The fourth-order valence-corrected chi connectivity index (χ4v) is 3.65. The lowest BCUT2D eigenvalue weighted by Crippen LogP contribution is -2.27. The summed E-state index contributed by atoms with van der Waals surface area (Å²) >= 11 is 3.22. The zero-order valence-corrected chi connectivity index (χ0v) is 13.8. The Labute approximate surface area is 123 Å². The molecular weight excluding hydrogens is 330 g/mol. The van der Waals surface area contributed by atoms with E-state index in [4.69, 9.17) is 5.11 Å². The molecule has 1 aromatic rings. The highest BCUT2D eigenvalue weighted by atomic mass is 79.9. The average molecular weight is 350 g/mol. The quantitative estimate of drug-likeness (QED) is 0.858. The van der Waals surface area contributed by atoms with E-state index in [1.165, 1.54) is 6.07 Å². The van der Waals surface area contributed by atoms with Gasteiger partial charge in [0, 0.05) is 11.0 Å². The van der Waals surface area contributed by atoms with Crippen LogP contribution in [0.15, 0.2) is 27.6 Å². The van der Waals surface area contributed by atoms with E-state index >= 15 is 0 Å². The van der Waals surface area contributed by atoms with E-state index in [1.807, 2.05) is 0 Å². The molecule has 0 aliphatic carbocycles. The molecule has 6 heteroatoms. The van der Waals surface area contributed by atoms with Crippen molar-refractivity contribution in [2.75, 3.05) is 6.54 Å². The van der Waals surface area contributed by atoms with Crippen LogP contribution in [-0.2, 0) is 16.6 Å². The van der Waals surface area contributed by atoms with Gasteiger partial charge in [0.2, 0.25) is 10.0 Å². The van der Waals surface area contributed by atoms with Gasteiger partial charge in [-0.05, 0) is 45.5 Å². The van der Waals surface area contributed by atoms with Crippen molar-refractivity contribution in [1.82, 2.24) is 4.72 Å². The van der Waals surface area contributed by atoms with Crippen LogP contribution in [0.5, 0.6) is 0 Å². The number of hydrogen-bond acceptors (Lipinski definition) is 3. The maximum Gasteiger partial charge on any atom is 0.241 e. The fourth-order valence-electron chi connectivity index (χ4n) is 1.50. The Morgan fingerprint density at radius 2 is 1.95 bits per heavy atom. The van der Waals surface area contributed by atoms with Crippen molar-refractivity contribution in [3.63, 3.8) is 0 Å². The first-order chi connectivity index (χ1) is 8.65. The molecule has 0 atom stereocenters. The largest absolute Gasteiger partial charge is 0.392 e. The zero-order valence-electron chi connectivity index (χ0n) is 11.4. The standard InChI is InChI=1S/C13H20BrNO3S/c1-13(2,3)6-7-15-19(17,18)12-5-4-10(9-16)8-11(12)14/h4-5,8,15-16H,6-7,9H2,1-3H3. The fraction of sp³-hybridized carbons (Fsp3) is 0.538. The maximum absolute atomic E-state index is 12.1. The van der Waals surface area contributed by atoms with Crippen LogP contribution >= 0.6 is 15.9 Å². The molecule has 0 aliphatic heterocycles. The van der Waals surface area contributed by atoms with Gasteiger partial charge in [0.05, 0.1) is 11.5 Å². The second-order valence-electron chi connectivity index (χ2n) is 5.63. The number of rotatable bonds is 5. The van der Waals surface area contributed by atoms with E-state index in [0.29, 0.717) is 16.6 Å². The van der Waals surface area contributed by atoms with E-state index in [-0.39, 0.29) is 16.9 Å². The van der Waals surface area contributed by atoms with Gasteiger partial charge in [0.25, 0.3) is 0 Å². The lowest BCUT2D eigenvalue weighted by molar-refractivity contribution is 0.281. The summed E-state index contributed by atoms with van der Waals surface area (Å²) in [4.78, 5) is 0.193. The molecule has 0 saturated heterocycles. The first kappa shape index (κ1) is 16.6. The first-order valence-corrected chi connectivity index (χ1v) is 8.32. The van der Waals surface area contributed by atoms with Gasteiger partial charge >= 0.3 is 0 Å². The highest BCUT2D eigenvalue weighted by Gasteiger charge is 2.19. The monoisotopic (exact) mass is 349 g/mol. The molecule has 0 aliphatic rings. The van der Waals surface area contributed by atoms with Crippen LogP contribution in [0.2, 0.25) is 0 Å². The van der Waals surface area contributed by atoms with Crippen LogP contribution in [0, 0.1) is 5.41 Å². The minimum Gasteiger partial charge on any atom is -0.392 e. The Balaban J connectivity index is 2.83. The van der Waals surface area contributed by atoms with Crippen LogP contribution < -0.4 is 4.72 Å². The van der Waals surface area contributed by atoms with Gasteiger partial charge in [-0.25, -0.2) is 13.1 Å². The topological polar surface area (TPSA) is 66.4 Å². The van der Waals surface area contributed by atoms with Crippen LogP contribution in [-0.4, -0.2) is 20.1 Å². The second kappa shape index (κ2) is 6.35. The molecule has 4 nitrogen and oxygen atoms in total. The van der Waals surface area contributed by atoms with Crippen molar-refractivity contribution in [3.8, 4) is 0 Å². The minimum absolute atomic E-state index is 0.0838. The summed E-state index contributed by atoms with van der Waals surface area (Å²) in [5, 5.41) is 9.00. The number of aliphatic hydroxyl groups excluding tert-OH is 1. The lowest BCUT2D eigenvalue weighted by atomic mass is 9.93. The molecule has 1 rings (SSSR count). The van der Waals surface area contributed by atoms with Gasteiger partial charge in [0.15, 0.2) is 0 Å². The second-order valence-corrected chi connectivity index (χ2v) is 8.22. The van der Waals surface area contributed by atoms with E-state index < -0.39 is 10.0 Å². The Kier molecular flexibility index (Phi) is 5.55. The third-order valence-electron chi connectivity index (χ3n) is 2.64. The van der Waals surface area contributed by atoms with E-state index in [9.17, 15) is 8.42 Å². The molecule has 0 fully saturated rings. The van der Waals surface area contributed by atoms with Gasteiger partial charge in [-0.2, -0.15) is 0 Å².